The summed E-state index contributed by atoms with van der Waals surface area (Å²) in [5, 5.41) is 3.38. The van der Waals surface area contributed by atoms with Gasteiger partial charge in [-0.05, 0) is 44.2 Å². The van der Waals surface area contributed by atoms with E-state index in [2.05, 4.69) is 21.2 Å². The molecule has 2 aromatic carbocycles. The van der Waals surface area contributed by atoms with Crippen molar-refractivity contribution in [2.45, 2.75) is 26.5 Å². The Hall–Kier alpha value is -1.14. The maximum absolute atomic E-state index is 13.7. The van der Waals surface area contributed by atoms with E-state index in [0.29, 0.717) is 12.1 Å². The molecule has 0 aliphatic rings. The first-order valence-corrected chi connectivity index (χ1v) is 8.93. The predicted molar refractivity (Wildman–Crippen MR) is 105 cm³/mol. The highest BCUT2D eigenvalue weighted by Gasteiger charge is 2.07. The van der Waals surface area contributed by atoms with E-state index in [1.807, 2.05) is 31.2 Å². The van der Waals surface area contributed by atoms with Crippen LogP contribution < -0.4 is 10.1 Å². The molecule has 3 nitrogen and oxygen atoms in total. The van der Waals surface area contributed by atoms with Gasteiger partial charge in [-0.3, -0.25) is 0 Å². The second-order valence-electron chi connectivity index (χ2n) is 5.36. The number of benzene rings is 2. The van der Waals surface area contributed by atoms with E-state index in [4.69, 9.17) is 9.47 Å². The molecule has 0 radical (unpaired) electrons. The maximum atomic E-state index is 13.7. The first kappa shape index (κ1) is 21.9. The van der Waals surface area contributed by atoms with Crippen LogP contribution in [-0.2, 0) is 17.9 Å². The molecule has 0 aliphatic heterocycles. The molecule has 1 N–H and O–H groups in total. The summed E-state index contributed by atoms with van der Waals surface area (Å²) >= 11 is 3.48. The lowest BCUT2D eigenvalue weighted by atomic mass is 10.2. The van der Waals surface area contributed by atoms with Crippen molar-refractivity contribution in [3.05, 3.63) is 63.9 Å². The standard InChI is InChI=1S/C19H23BrFNO2.ClH/c1-2-23-11-5-10-22-13-16-12-17(20)8-9-19(16)24-14-15-6-3-4-7-18(15)21;/h3-4,6-9,12,22H,2,5,10-11,13-14H2,1H3;1H. The van der Waals surface area contributed by atoms with Crippen LogP contribution in [-0.4, -0.2) is 19.8 Å². The van der Waals surface area contributed by atoms with Gasteiger partial charge < -0.3 is 14.8 Å². The monoisotopic (exact) mass is 431 g/mol. The van der Waals surface area contributed by atoms with Gasteiger partial charge in [0.15, 0.2) is 0 Å². The van der Waals surface area contributed by atoms with Gasteiger partial charge in [0, 0.05) is 35.4 Å². The molecule has 6 heteroatoms. The van der Waals surface area contributed by atoms with E-state index < -0.39 is 0 Å². The zero-order valence-corrected chi connectivity index (χ0v) is 16.7. The Morgan fingerprint density at radius 1 is 1.12 bits per heavy atom. The Kier molecular flexibility index (Phi) is 10.7. The van der Waals surface area contributed by atoms with Crippen LogP contribution in [0.25, 0.3) is 0 Å². The summed E-state index contributed by atoms with van der Waals surface area (Å²) in [6.45, 7) is 5.29. The van der Waals surface area contributed by atoms with Gasteiger partial charge in [0.1, 0.15) is 18.2 Å². The van der Waals surface area contributed by atoms with Gasteiger partial charge in [-0.25, -0.2) is 4.39 Å². The fraction of sp³-hybridized carbons (Fsp3) is 0.368. The van der Waals surface area contributed by atoms with Gasteiger partial charge in [0.05, 0.1) is 0 Å². The molecule has 2 rings (SSSR count). The van der Waals surface area contributed by atoms with Crippen molar-refractivity contribution in [1.82, 2.24) is 5.32 Å². The minimum absolute atomic E-state index is 0. The number of rotatable bonds is 10. The quantitative estimate of drug-likeness (QED) is 0.530. The molecule has 0 saturated carbocycles. The lowest BCUT2D eigenvalue weighted by Crippen LogP contribution is -2.17. The Morgan fingerprint density at radius 2 is 1.92 bits per heavy atom. The minimum Gasteiger partial charge on any atom is -0.488 e. The highest BCUT2D eigenvalue weighted by atomic mass is 79.9. The molecular weight excluding hydrogens is 409 g/mol. The summed E-state index contributed by atoms with van der Waals surface area (Å²) in [5.74, 6) is 0.518. The minimum atomic E-state index is -0.245. The third kappa shape index (κ3) is 7.74. The van der Waals surface area contributed by atoms with Crippen molar-refractivity contribution in [2.24, 2.45) is 0 Å². The lowest BCUT2D eigenvalue weighted by molar-refractivity contribution is 0.144. The normalized spacial score (nSPS) is 10.4. The Morgan fingerprint density at radius 3 is 2.68 bits per heavy atom. The van der Waals surface area contributed by atoms with Crippen LogP contribution in [0.2, 0.25) is 0 Å². The summed E-state index contributed by atoms with van der Waals surface area (Å²) < 4.78 is 25.8. The topological polar surface area (TPSA) is 30.5 Å². The molecule has 0 heterocycles. The van der Waals surface area contributed by atoms with Crippen LogP contribution in [0.4, 0.5) is 4.39 Å². The van der Waals surface area contributed by atoms with Gasteiger partial charge in [-0.15, -0.1) is 12.4 Å². The average Bonchev–Trinajstić information content (AvgIpc) is 2.58. The second-order valence-corrected chi connectivity index (χ2v) is 6.28. The molecule has 25 heavy (non-hydrogen) atoms. The Bertz CT molecular complexity index is 643. The van der Waals surface area contributed by atoms with Crippen LogP contribution in [0.3, 0.4) is 0 Å². The number of ether oxygens (including phenoxy) is 2. The van der Waals surface area contributed by atoms with Crippen molar-refractivity contribution in [3.8, 4) is 5.75 Å². The molecule has 2 aromatic rings. The summed E-state index contributed by atoms with van der Waals surface area (Å²) in [4.78, 5) is 0. The molecule has 138 valence electrons. The Labute approximate surface area is 163 Å². The second kappa shape index (κ2) is 12.3. The van der Waals surface area contributed by atoms with Crippen molar-refractivity contribution in [3.63, 3.8) is 0 Å². The molecular formula is C19H24BrClFNO2. The number of nitrogens with one attached hydrogen (secondary N) is 1. The van der Waals surface area contributed by atoms with E-state index in [9.17, 15) is 4.39 Å². The molecule has 0 amide bonds. The van der Waals surface area contributed by atoms with Gasteiger partial charge >= 0.3 is 0 Å². The summed E-state index contributed by atoms with van der Waals surface area (Å²) in [7, 11) is 0. The van der Waals surface area contributed by atoms with Crippen LogP contribution in [0, 0.1) is 5.82 Å². The first-order chi connectivity index (χ1) is 11.7. The van der Waals surface area contributed by atoms with Crippen molar-refractivity contribution < 1.29 is 13.9 Å². The van der Waals surface area contributed by atoms with E-state index in [0.717, 1.165) is 42.0 Å². The van der Waals surface area contributed by atoms with Gasteiger partial charge in [-0.1, -0.05) is 34.1 Å². The van der Waals surface area contributed by atoms with Crippen molar-refractivity contribution in [1.29, 1.82) is 0 Å². The average molecular weight is 433 g/mol. The maximum Gasteiger partial charge on any atom is 0.129 e. The highest BCUT2D eigenvalue weighted by molar-refractivity contribution is 9.10. The molecule has 0 atom stereocenters. The van der Waals surface area contributed by atoms with Crippen LogP contribution in [0.1, 0.15) is 24.5 Å². The fourth-order valence-corrected chi connectivity index (χ4v) is 2.67. The number of halogens is 3. The van der Waals surface area contributed by atoms with Gasteiger partial charge in [0.25, 0.3) is 0 Å². The molecule has 0 aliphatic carbocycles. The van der Waals surface area contributed by atoms with Crippen molar-refractivity contribution >= 4 is 28.3 Å². The zero-order valence-electron chi connectivity index (χ0n) is 14.3. The summed E-state index contributed by atoms with van der Waals surface area (Å²) in [6.07, 6.45) is 0.966. The molecule has 0 bridgehead atoms. The molecule has 0 aromatic heterocycles. The fourth-order valence-electron chi connectivity index (χ4n) is 2.26. The zero-order chi connectivity index (χ0) is 17.2. The molecule has 0 saturated heterocycles. The third-order valence-corrected chi connectivity index (χ3v) is 4.02. The van der Waals surface area contributed by atoms with Crippen LogP contribution >= 0.6 is 28.3 Å². The van der Waals surface area contributed by atoms with E-state index >= 15 is 0 Å². The summed E-state index contributed by atoms with van der Waals surface area (Å²) in [5.41, 5.74) is 1.59. The van der Waals surface area contributed by atoms with Gasteiger partial charge in [0.2, 0.25) is 0 Å². The molecule has 0 spiro atoms. The Balaban J connectivity index is 0.00000312. The van der Waals surface area contributed by atoms with Crippen molar-refractivity contribution in [2.75, 3.05) is 19.8 Å². The van der Waals surface area contributed by atoms with Crippen LogP contribution in [0.15, 0.2) is 46.9 Å². The van der Waals surface area contributed by atoms with Gasteiger partial charge in [-0.2, -0.15) is 0 Å². The third-order valence-electron chi connectivity index (χ3n) is 3.53. The smallest absolute Gasteiger partial charge is 0.129 e. The van der Waals surface area contributed by atoms with Crippen LogP contribution in [0.5, 0.6) is 5.75 Å². The molecule has 0 fully saturated rings. The predicted octanol–water partition coefficient (Wildman–Crippen LogP) is 5.11. The van der Waals surface area contributed by atoms with E-state index in [1.54, 1.807) is 12.1 Å². The number of hydrogen-bond donors (Lipinski definition) is 1. The molecule has 0 unspecified atom stereocenters. The SMILES string of the molecule is CCOCCCNCc1cc(Br)ccc1OCc1ccccc1F.Cl. The lowest BCUT2D eigenvalue weighted by Gasteiger charge is -2.13. The first-order valence-electron chi connectivity index (χ1n) is 8.13. The van der Waals surface area contributed by atoms with E-state index in [1.165, 1.54) is 6.07 Å². The largest absolute Gasteiger partial charge is 0.488 e. The highest BCUT2D eigenvalue weighted by Crippen LogP contribution is 2.24. The van der Waals surface area contributed by atoms with E-state index in [-0.39, 0.29) is 24.8 Å². The summed E-state index contributed by atoms with van der Waals surface area (Å²) in [6, 6.07) is 12.5. The number of hydrogen-bond acceptors (Lipinski definition) is 3.